The number of nitrogens with two attached hydrogens (primary N) is 1. The van der Waals surface area contributed by atoms with E-state index in [4.69, 9.17) is 21.8 Å². The predicted octanol–water partition coefficient (Wildman–Crippen LogP) is 1.82. The maximum absolute atomic E-state index is 5.54. The molecule has 1 heterocycles. The quantitative estimate of drug-likeness (QED) is 0.731. The molecular weight excluding hydrogens is 150 g/mol. The number of aryl methyl sites for hydroxylation is 1. The van der Waals surface area contributed by atoms with E-state index in [0.29, 0.717) is 11.8 Å². The van der Waals surface area contributed by atoms with E-state index in [9.17, 15) is 0 Å². The summed E-state index contributed by atoms with van der Waals surface area (Å²) in [6, 6.07) is 1.82. The van der Waals surface area contributed by atoms with Crippen LogP contribution in [0.4, 0.5) is 0 Å². The van der Waals surface area contributed by atoms with Crippen molar-refractivity contribution >= 4 is 11.6 Å². The monoisotopic (exact) mass is 159 g/mol. The van der Waals surface area contributed by atoms with Crippen molar-refractivity contribution in [1.82, 2.24) is 0 Å². The van der Waals surface area contributed by atoms with Gasteiger partial charge in [-0.1, -0.05) is 0 Å². The molecule has 0 aliphatic carbocycles. The third-order valence-electron chi connectivity index (χ3n) is 1.29. The lowest BCUT2D eigenvalue weighted by Gasteiger charge is -1.89. The largest absolute Gasteiger partial charge is 0.453 e. The van der Waals surface area contributed by atoms with Crippen LogP contribution in [0.3, 0.4) is 0 Å². The smallest absolute Gasteiger partial charge is 0.193 e. The van der Waals surface area contributed by atoms with Gasteiger partial charge in [-0.2, -0.15) is 0 Å². The van der Waals surface area contributed by atoms with Crippen molar-refractivity contribution in [2.45, 2.75) is 12.8 Å². The Morgan fingerprint density at radius 1 is 1.60 bits per heavy atom. The molecule has 0 saturated heterocycles. The lowest BCUT2D eigenvalue weighted by molar-refractivity contribution is 0.565. The first kappa shape index (κ1) is 7.63. The second-order valence-corrected chi connectivity index (χ2v) is 2.52. The highest BCUT2D eigenvalue weighted by atomic mass is 35.5. The van der Waals surface area contributed by atoms with Gasteiger partial charge in [0.15, 0.2) is 5.22 Å². The minimum Gasteiger partial charge on any atom is -0.453 e. The summed E-state index contributed by atoms with van der Waals surface area (Å²) in [5.74, 6) is 0. The van der Waals surface area contributed by atoms with Crippen LogP contribution in [0.1, 0.15) is 12.0 Å². The average Bonchev–Trinajstić information content (AvgIpc) is 2.31. The first-order chi connectivity index (χ1) is 4.83. The molecule has 0 spiro atoms. The van der Waals surface area contributed by atoms with Gasteiger partial charge < -0.3 is 10.2 Å². The molecule has 0 unspecified atom stereocenters. The lowest BCUT2D eigenvalue weighted by Crippen LogP contribution is -1.99. The fraction of sp³-hybridized carbons (Fsp3) is 0.429. The van der Waals surface area contributed by atoms with Gasteiger partial charge in [0.1, 0.15) is 0 Å². The van der Waals surface area contributed by atoms with Crippen LogP contribution in [0, 0.1) is 0 Å². The van der Waals surface area contributed by atoms with Crippen LogP contribution in [0.2, 0.25) is 5.22 Å². The van der Waals surface area contributed by atoms with E-state index in [1.165, 1.54) is 0 Å². The minimum atomic E-state index is 0.451. The molecule has 10 heavy (non-hydrogen) atoms. The molecule has 0 saturated carbocycles. The Kier molecular flexibility index (Phi) is 2.78. The second kappa shape index (κ2) is 3.64. The molecule has 0 aliphatic heterocycles. The maximum atomic E-state index is 5.54. The van der Waals surface area contributed by atoms with Gasteiger partial charge in [-0.05, 0) is 42.6 Å². The van der Waals surface area contributed by atoms with Crippen molar-refractivity contribution in [3.05, 3.63) is 23.1 Å². The van der Waals surface area contributed by atoms with E-state index < -0.39 is 0 Å². The summed E-state index contributed by atoms with van der Waals surface area (Å²) in [5, 5.41) is 0.451. The zero-order chi connectivity index (χ0) is 7.40. The molecule has 1 aromatic heterocycles. The third-order valence-corrected chi connectivity index (χ3v) is 1.49. The Morgan fingerprint density at radius 3 is 2.90 bits per heavy atom. The fourth-order valence-electron chi connectivity index (χ4n) is 0.783. The van der Waals surface area contributed by atoms with Gasteiger partial charge in [-0.25, -0.2) is 0 Å². The Balaban J connectivity index is 2.42. The van der Waals surface area contributed by atoms with Crippen molar-refractivity contribution in [1.29, 1.82) is 0 Å². The fourth-order valence-corrected chi connectivity index (χ4v) is 0.968. The van der Waals surface area contributed by atoms with Crippen LogP contribution in [-0.4, -0.2) is 6.54 Å². The zero-order valence-electron chi connectivity index (χ0n) is 5.64. The highest BCUT2D eigenvalue weighted by Crippen LogP contribution is 2.13. The van der Waals surface area contributed by atoms with E-state index in [0.717, 1.165) is 18.4 Å². The molecule has 2 N–H and O–H groups in total. The SMILES string of the molecule is NCCCc1coc(Cl)c1. The van der Waals surface area contributed by atoms with Gasteiger partial charge in [0.25, 0.3) is 0 Å². The number of hydrogen-bond acceptors (Lipinski definition) is 2. The number of halogens is 1. The van der Waals surface area contributed by atoms with Crippen molar-refractivity contribution in [3.63, 3.8) is 0 Å². The first-order valence-corrected chi connectivity index (χ1v) is 3.63. The predicted molar refractivity (Wildman–Crippen MR) is 41.1 cm³/mol. The molecule has 1 aromatic rings. The summed E-state index contributed by atoms with van der Waals surface area (Å²) >= 11 is 5.54. The zero-order valence-corrected chi connectivity index (χ0v) is 6.40. The molecule has 1 rings (SSSR count). The highest BCUT2D eigenvalue weighted by molar-refractivity contribution is 6.28. The Morgan fingerprint density at radius 2 is 2.40 bits per heavy atom. The third kappa shape index (κ3) is 2.05. The van der Waals surface area contributed by atoms with Crippen LogP contribution in [-0.2, 0) is 6.42 Å². The summed E-state index contributed by atoms with van der Waals surface area (Å²) in [6.45, 7) is 0.711. The Bertz CT molecular complexity index is 197. The van der Waals surface area contributed by atoms with Crippen molar-refractivity contribution in [2.75, 3.05) is 6.54 Å². The van der Waals surface area contributed by atoms with E-state index in [-0.39, 0.29) is 0 Å². The topological polar surface area (TPSA) is 39.2 Å². The highest BCUT2D eigenvalue weighted by Gasteiger charge is 1.96. The number of furan rings is 1. The first-order valence-electron chi connectivity index (χ1n) is 3.26. The summed E-state index contributed by atoms with van der Waals surface area (Å²) < 4.78 is 4.89. The molecule has 0 fully saturated rings. The van der Waals surface area contributed by atoms with Crippen LogP contribution in [0.25, 0.3) is 0 Å². The van der Waals surface area contributed by atoms with Gasteiger partial charge in [0.05, 0.1) is 6.26 Å². The van der Waals surface area contributed by atoms with Gasteiger partial charge in [0.2, 0.25) is 0 Å². The van der Waals surface area contributed by atoms with Crippen LogP contribution in [0.15, 0.2) is 16.7 Å². The summed E-state index contributed by atoms with van der Waals surface area (Å²) in [7, 11) is 0. The van der Waals surface area contributed by atoms with Crippen molar-refractivity contribution in [3.8, 4) is 0 Å². The molecule has 0 radical (unpaired) electrons. The molecule has 0 aliphatic rings. The second-order valence-electron chi connectivity index (χ2n) is 2.15. The molecule has 56 valence electrons. The summed E-state index contributed by atoms with van der Waals surface area (Å²) in [6.07, 6.45) is 3.60. The van der Waals surface area contributed by atoms with Gasteiger partial charge in [0, 0.05) is 0 Å². The van der Waals surface area contributed by atoms with E-state index in [1.54, 1.807) is 6.26 Å². The Hall–Kier alpha value is -0.470. The van der Waals surface area contributed by atoms with Crippen molar-refractivity contribution in [2.24, 2.45) is 5.73 Å². The molecule has 0 bridgehead atoms. The molecule has 0 amide bonds. The van der Waals surface area contributed by atoms with Crippen LogP contribution < -0.4 is 5.73 Å². The minimum absolute atomic E-state index is 0.451. The van der Waals surface area contributed by atoms with E-state index in [2.05, 4.69) is 0 Å². The average molecular weight is 160 g/mol. The van der Waals surface area contributed by atoms with E-state index in [1.807, 2.05) is 6.07 Å². The van der Waals surface area contributed by atoms with Crippen LogP contribution >= 0.6 is 11.6 Å². The van der Waals surface area contributed by atoms with Gasteiger partial charge in [-0.3, -0.25) is 0 Å². The standard InChI is InChI=1S/C7H10ClNO/c8-7-4-6(5-10-7)2-1-3-9/h4-5H,1-3,9H2. The summed E-state index contributed by atoms with van der Waals surface area (Å²) in [4.78, 5) is 0. The molecule has 2 nitrogen and oxygen atoms in total. The van der Waals surface area contributed by atoms with Crippen molar-refractivity contribution < 1.29 is 4.42 Å². The molecule has 0 atom stereocenters. The normalized spacial score (nSPS) is 10.2. The van der Waals surface area contributed by atoms with Gasteiger partial charge >= 0.3 is 0 Å². The van der Waals surface area contributed by atoms with Gasteiger partial charge in [-0.15, -0.1) is 0 Å². The lowest BCUT2D eigenvalue weighted by atomic mass is 10.2. The molecule has 0 aromatic carbocycles. The number of rotatable bonds is 3. The molecule has 3 heteroatoms. The number of hydrogen-bond donors (Lipinski definition) is 1. The van der Waals surface area contributed by atoms with E-state index >= 15 is 0 Å². The Labute approximate surface area is 65.0 Å². The molecular formula is C7H10ClNO. The van der Waals surface area contributed by atoms with Crippen LogP contribution in [0.5, 0.6) is 0 Å². The summed E-state index contributed by atoms with van der Waals surface area (Å²) in [5.41, 5.74) is 6.44. The maximum Gasteiger partial charge on any atom is 0.193 e.